The monoisotopic (exact) mass is 479 g/mol. The van der Waals surface area contributed by atoms with E-state index in [-0.39, 0.29) is 24.1 Å². The summed E-state index contributed by atoms with van der Waals surface area (Å²) in [4.78, 5) is 30.1. The lowest BCUT2D eigenvalue weighted by Crippen LogP contribution is -2.39. The fourth-order valence-corrected chi connectivity index (χ4v) is 5.87. The van der Waals surface area contributed by atoms with Gasteiger partial charge in [-0.25, -0.2) is 15.0 Å². The van der Waals surface area contributed by atoms with Gasteiger partial charge in [0.25, 0.3) is 5.91 Å². The van der Waals surface area contributed by atoms with Gasteiger partial charge in [-0.1, -0.05) is 6.07 Å². The molecule has 0 spiro atoms. The Morgan fingerprint density at radius 3 is 2.91 bits per heavy atom. The number of pyridine rings is 1. The van der Waals surface area contributed by atoms with Crippen LogP contribution in [0.4, 0.5) is 11.5 Å². The number of ether oxygens (including phenoxy) is 1. The molecule has 0 radical (unpaired) electrons. The quantitative estimate of drug-likeness (QED) is 0.506. The molecule has 178 valence electrons. The average Bonchev–Trinajstić information content (AvgIpc) is 3.48. The van der Waals surface area contributed by atoms with Crippen LogP contribution in [0, 0.1) is 6.92 Å². The van der Waals surface area contributed by atoms with Gasteiger partial charge in [-0.3, -0.25) is 4.79 Å². The van der Waals surface area contributed by atoms with E-state index in [1.54, 1.807) is 6.20 Å². The van der Waals surface area contributed by atoms with Crippen molar-refractivity contribution in [1.29, 1.82) is 0 Å². The lowest BCUT2D eigenvalue weighted by atomic mass is 9.91. The molecule has 5 N–H and O–H groups in total. The molecule has 4 heterocycles. The molecule has 1 aliphatic heterocycles. The highest BCUT2D eigenvalue weighted by Crippen LogP contribution is 2.32. The van der Waals surface area contributed by atoms with E-state index in [1.165, 1.54) is 16.9 Å². The van der Waals surface area contributed by atoms with Gasteiger partial charge in [0.15, 0.2) is 0 Å². The van der Waals surface area contributed by atoms with E-state index >= 15 is 0 Å². The Hall–Kier alpha value is -2.82. The SMILES string of the molecule is Cc1cnc2c(N)c(C(=O)NC3CCc4nc(N5CC(N)C(OC6CC6)C5)ccc4C3)sc2n1. The molecular weight excluding hydrogens is 450 g/mol. The van der Waals surface area contributed by atoms with Crippen molar-refractivity contribution in [2.24, 2.45) is 5.73 Å². The zero-order valence-electron chi connectivity index (χ0n) is 19.2. The van der Waals surface area contributed by atoms with Crippen molar-refractivity contribution in [3.8, 4) is 0 Å². The van der Waals surface area contributed by atoms with Crippen molar-refractivity contribution in [3.63, 3.8) is 0 Å². The minimum absolute atomic E-state index is 0.0219. The second kappa shape index (κ2) is 8.44. The summed E-state index contributed by atoms with van der Waals surface area (Å²) in [5.74, 6) is 0.803. The lowest BCUT2D eigenvalue weighted by molar-refractivity contribution is 0.0449. The number of carbonyl (C=O) groups excluding carboxylic acids is 1. The Bertz CT molecular complexity index is 1260. The molecule has 0 aromatic carbocycles. The molecular formula is C24H29N7O2S. The fraction of sp³-hybridized carbons (Fsp3) is 0.500. The minimum Gasteiger partial charge on any atom is -0.396 e. The number of fused-ring (bicyclic) bond motifs is 2. The highest BCUT2D eigenvalue weighted by molar-refractivity contribution is 7.21. The van der Waals surface area contributed by atoms with Crippen molar-refractivity contribution >= 4 is 39.1 Å². The van der Waals surface area contributed by atoms with Crippen LogP contribution in [0.1, 0.15) is 45.9 Å². The van der Waals surface area contributed by atoms with E-state index in [2.05, 4.69) is 32.3 Å². The summed E-state index contributed by atoms with van der Waals surface area (Å²) >= 11 is 1.30. The molecule has 2 fully saturated rings. The first-order chi connectivity index (χ1) is 16.4. The number of amides is 1. The van der Waals surface area contributed by atoms with Gasteiger partial charge in [0.1, 0.15) is 21.0 Å². The number of aryl methyl sites for hydroxylation is 2. The van der Waals surface area contributed by atoms with Crippen LogP contribution in [0.2, 0.25) is 0 Å². The van der Waals surface area contributed by atoms with Crippen molar-refractivity contribution in [3.05, 3.63) is 40.2 Å². The molecule has 1 saturated heterocycles. The summed E-state index contributed by atoms with van der Waals surface area (Å²) in [7, 11) is 0. The smallest absolute Gasteiger partial charge is 0.263 e. The number of nitrogens with one attached hydrogen (secondary N) is 1. The van der Waals surface area contributed by atoms with Gasteiger partial charge in [-0.2, -0.15) is 0 Å². The van der Waals surface area contributed by atoms with E-state index in [0.717, 1.165) is 62.4 Å². The Morgan fingerprint density at radius 2 is 2.09 bits per heavy atom. The van der Waals surface area contributed by atoms with E-state index in [0.29, 0.717) is 27.0 Å². The zero-order chi connectivity index (χ0) is 23.4. The third-order valence-corrected chi connectivity index (χ3v) is 7.96. The van der Waals surface area contributed by atoms with Crippen molar-refractivity contribution in [2.45, 2.75) is 63.3 Å². The van der Waals surface area contributed by atoms with Gasteiger partial charge < -0.3 is 26.4 Å². The largest absolute Gasteiger partial charge is 0.396 e. The maximum atomic E-state index is 13.0. The third-order valence-electron chi connectivity index (χ3n) is 6.88. The maximum Gasteiger partial charge on any atom is 0.263 e. The molecule has 3 atom stereocenters. The van der Waals surface area contributed by atoms with Gasteiger partial charge >= 0.3 is 0 Å². The highest BCUT2D eigenvalue weighted by atomic mass is 32.1. The summed E-state index contributed by atoms with van der Waals surface area (Å²) in [5.41, 5.74) is 16.6. The molecule has 1 amide bonds. The Labute approximate surface area is 201 Å². The number of rotatable bonds is 5. The van der Waals surface area contributed by atoms with Crippen LogP contribution >= 0.6 is 11.3 Å². The molecule has 0 bridgehead atoms. The topological polar surface area (TPSA) is 132 Å². The van der Waals surface area contributed by atoms with Gasteiger partial charge in [-0.05, 0) is 50.7 Å². The summed E-state index contributed by atoms with van der Waals surface area (Å²) in [6.07, 6.45) is 6.87. The molecule has 3 unspecified atom stereocenters. The van der Waals surface area contributed by atoms with Crippen LogP contribution in [0.25, 0.3) is 10.3 Å². The zero-order valence-corrected chi connectivity index (χ0v) is 20.0. The first kappa shape index (κ1) is 21.7. The summed E-state index contributed by atoms with van der Waals surface area (Å²) < 4.78 is 6.07. The van der Waals surface area contributed by atoms with Crippen LogP contribution in [0.5, 0.6) is 0 Å². The minimum atomic E-state index is -0.161. The summed E-state index contributed by atoms with van der Waals surface area (Å²) in [6, 6.07) is 4.27. The van der Waals surface area contributed by atoms with Crippen LogP contribution in [-0.2, 0) is 17.6 Å². The second-order valence-electron chi connectivity index (χ2n) is 9.64. The predicted molar refractivity (Wildman–Crippen MR) is 132 cm³/mol. The van der Waals surface area contributed by atoms with E-state index in [9.17, 15) is 4.79 Å². The first-order valence-corrected chi connectivity index (χ1v) is 12.7. The van der Waals surface area contributed by atoms with Crippen LogP contribution in [0.3, 0.4) is 0 Å². The molecule has 34 heavy (non-hydrogen) atoms. The molecule has 2 aliphatic carbocycles. The number of hydrogen-bond donors (Lipinski definition) is 3. The molecule has 1 saturated carbocycles. The lowest BCUT2D eigenvalue weighted by Gasteiger charge is -2.26. The molecule has 6 rings (SSSR count). The van der Waals surface area contributed by atoms with Gasteiger partial charge in [0.05, 0.1) is 29.6 Å². The Balaban J connectivity index is 1.12. The molecule has 3 aromatic heterocycles. The van der Waals surface area contributed by atoms with Crippen molar-refractivity contribution in [2.75, 3.05) is 23.7 Å². The van der Waals surface area contributed by atoms with Gasteiger partial charge in [-0.15, -0.1) is 11.3 Å². The molecule has 9 nitrogen and oxygen atoms in total. The number of nitrogens with zero attached hydrogens (tertiary/aromatic N) is 4. The second-order valence-corrected chi connectivity index (χ2v) is 10.6. The summed E-state index contributed by atoms with van der Waals surface area (Å²) in [5, 5.41) is 3.16. The average molecular weight is 480 g/mol. The molecule has 3 aliphatic rings. The van der Waals surface area contributed by atoms with Gasteiger partial charge in [0, 0.05) is 31.0 Å². The predicted octanol–water partition coefficient (Wildman–Crippen LogP) is 1.96. The Kier molecular flexibility index (Phi) is 5.39. The van der Waals surface area contributed by atoms with Gasteiger partial charge in [0.2, 0.25) is 0 Å². The number of nitrogen functional groups attached to an aromatic ring is 1. The van der Waals surface area contributed by atoms with E-state index in [4.69, 9.17) is 21.2 Å². The normalized spacial score (nSPS) is 24.4. The number of carbonyl (C=O) groups is 1. The summed E-state index contributed by atoms with van der Waals surface area (Å²) in [6.45, 7) is 3.43. The third kappa shape index (κ3) is 4.10. The standard InChI is InChI=1S/C24H29N7O2S/c1-12-9-27-21-20(26)22(34-24(21)28-12)23(32)29-14-3-6-17-13(8-14)2-7-19(30-17)31-10-16(25)18(11-31)33-15-4-5-15/h2,7,9,14-16,18H,3-6,8,10-11,25-26H2,1H3,(H,29,32). The van der Waals surface area contributed by atoms with Crippen molar-refractivity contribution in [1.82, 2.24) is 20.3 Å². The maximum absolute atomic E-state index is 13.0. The van der Waals surface area contributed by atoms with Crippen LogP contribution in [-0.4, -0.2) is 58.2 Å². The van der Waals surface area contributed by atoms with E-state index in [1.807, 2.05) is 6.92 Å². The first-order valence-electron chi connectivity index (χ1n) is 11.9. The number of hydrogen-bond acceptors (Lipinski definition) is 9. The van der Waals surface area contributed by atoms with Crippen LogP contribution in [0.15, 0.2) is 18.3 Å². The van der Waals surface area contributed by atoms with E-state index < -0.39 is 0 Å². The number of nitrogens with two attached hydrogens (primary N) is 2. The molecule has 3 aromatic rings. The van der Waals surface area contributed by atoms with Crippen LogP contribution < -0.4 is 21.7 Å². The Morgan fingerprint density at radius 1 is 1.24 bits per heavy atom. The fourth-order valence-electron chi connectivity index (χ4n) is 4.87. The molecule has 10 heteroatoms. The number of aromatic nitrogens is 3. The van der Waals surface area contributed by atoms with Crippen molar-refractivity contribution < 1.29 is 9.53 Å². The number of anilines is 2. The number of thiophene rings is 1. The highest BCUT2D eigenvalue weighted by Gasteiger charge is 2.36.